The molecule has 0 aromatic heterocycles. The maximum Gasteiger partial charge on any atom is 0.0728 e. The number of likely N-dealkylation sites (N-methyl/N-ethyl adjacent to an activating group) is 1. The fraction of sp³-hybridized carbons (Fsp3) is 0.571. The Bertz CT molecular complexity index is 313. The summed E-state index contributed by atoms with van der Waals surface area (Å²) in [7, 11) is 1.99. The first-order valence-electron chi connectivity index (χ1n) is 6.24. The lowest BCUT2D eigenvalue weighted by Gasteiger charge is -2.26. The molecule has 0 aliphatic carbocycles. The Balaban J connectivity index is 2.64. The molecule has 0 aliphatic heterocycles. The molecular formula is C14H22ClNO. The largest absolute Gasteiger partial charge is 0.377 e. The van der Waals surface area contributed by atoms with Crippen molar-refractivity contribution in [2.45, 2.75) is 38.8 Å². The summed E-state index contributed by atoms with van der Waals surface area (Å²) in [5.41, 5.74) is 1.28. The predicted octanol–water partition coefficient (Wildman–Crippen LogP) is 3.29. The van der Waals surface area contributed by atoms with Crippen molar-refractivity contribution >= 4 is 11.6 Å². The molecular weight excluding hydrogens is 234 g/mol. The van der Waals surface area contributed by atoms with Crippen LogP contribution in [0.25, 0.3) is 0 Å². The highest BCUT2D eigenvalue weighted by Crippen LogP contribution is 2.14. The van der Waals surface area contributed by atoms with Crippen LogP contribution in [0.1, 0.15) is 25.8 Å². The van der Waals surface area contributed by atoms with Gasteiger partial charge in [0.15, 0.2) is 0 Å². The monoisotopic (exact) mass is 255 g/mol. The van der Waals surface area contributed by atoms with E-state index >= 15 is 0 Å². The van der Waals surface area contributed by atoms with Crippen LogP contribution in [0.15, 0.2) is 24.3 Å². The maximum absolute atomic E-state index is 5.88. The third-order valence-corrected chi connectivity index (χ3v) is 3.22. The summed E-state index contributed by atoms with van der Waals surface area (Å²) < 4.78 is 5.75. The lowest BCUT2D eigenvalue weighted by Crippen LogP contribution is -2.40. The molecule has 0 amide bonds. The summed E-state index contributed by atoms with van der Waals surface area (Å²) in [6.07, 6.45) is 2.25. The zero-order valence-electron chi connectivity index (χ0n) is 10.9. The van der Waals surface area contributed by atoms with Gasteiger partial charge in [-0.3, -0.25) is 0 Å². The fourth-order valence-electron chi connectivity index (χ4n) is 2.03. The Morgan fingerprint density at radius 1 is 1.24 bits per heavy atom. The van der Waals surface area contributed by atoms with Gasteiger partial charge in [-0.05, 0) is 44.5 Å². The van der Waals surface area contributed by atoms with Crippen molar-refractivity contribution in [2.75, 3.05) is 13.7 Å². The molecule has 0 saturated carbocycles. The quantitative estimate of drug-likeness (QED) is 0.807. The lowest BCUT2D eigenvalue weighted by molar-refractivity contribution is 0.0339. The number of ether oxygens (including phenoxy) is 1. The number of rotatable bonds is 7. The van der Waals surface area contributed by atoms with Crippen LogP contribution in [0, 0.1) is 0 Å². The van der Waals surface area contributed by atoms with Gasteiger partial charge in [-0.2, -0.15) is 0 Å². The van der Waals surface area contributed by atoms with Crippen molar-refractivity contribution in [1.82, 2.24) is 5.32 Å². The normalized spacial score (nSPS) is 14.6. The summed E-state index contributed by atoms with van der Waals surface area (Å²) in [4.78, 5) is 0. The molecule has 0 radical (unpaired) electrons. The first-order chi connectivity index (χ1) is 8.21. The number of hydrogen-bond acceptors (Lipinski definition) is 2. The Kier molecular flexibility index (Phi) is 6.56. The van der Waals surface area contributed by atoms with Gasteiger partial charge in [-0.25, -0.2) is 0 Å². The SMILES string of the molecule is CCOC(CC)C(Cc1ccc(Cl)cc1)NC. The number of nitrogens with one attached hydrogen (secondary N) is 1. The van der Waals surface area contributed by atoms with E-state index < -0.39 is 0 Å². The third-order valence-electron chi connectivity index (χ3n) is 2.97. The van der Waals surface area contributed by atoms with E-state index in [4.69, 9.17) is 16.3 Å². The molecule has 0 saturated heterocycles. The highest BCUT2D eigenvalue weighted by molar-refractivity contribution is 6.30. The van der Waals surface area contributed by atoms with Gasteiger partial charge in [-0.15, -0.1) is 0 Å². The molecule has 0 heterocycles. The fourth-order valence-corrected chi connectivity index (χ4v) is 2.15. The zero-order chi connectivity index (χ0) is 12.7. The maximum atomic E-state index is 5.88. The summed E-state index contributed by atoms with van der Waals surface area (Å²) in [6, 6.07) is 8.37. The Labute approximate surface area is 109 Å². The summed E-state index contributed by atoms with van der Waals surface area (Å²) in [5, 5.41) is 4.13. The second kappa shape index (κ2) is 7.70. The van der Waals surface area contributed by atoms with Gasteiger partial charge in [-0.1, -0.05) is 30.7 Å². The molecule has 2 atom stereocenters. The van der Waals surface area contributed by atoms with Gasteiger partial charge < -0.3 is 10.1 Å². The highest BCUT2D eigenvalue weighted by Gasteiger charge is 2.18. The van der Waals surface area contributed by atoms with Crippen LogP contribution in [0.5, 0.6) is 0 Å². The second-order valence-corrected chi connectivity index (χ2v) is 4.56. The molecule has 0 spiro atoms. The average molecular weight is 256 g/mol. The van der Waals surface area contributed by atoms with E-state index in [1.165, 1.54) is 5.56 Å². The molecule has 96 valence electrons. The van der Waals surface area contributed by atoms with E-state index in [9.17, 15) is 0 Å². The van der Waals surface area contributed by atoms with Crippen molar-refractivity contribution in [3.05, 3.63) is 34.9 Å². The van der Waals surface area contributed by atoms with Gasteiger partial charge in [0, 0.05) is 17.7 Å². The van der Waals surface area contributed by atoms with E-state index in [0.717, 1.165) is 24.5 Å². The molecule has 0 bridgehead atoms. The van der Waals surface area contributed by atoms with Gasteiger partial charge in [0.2, 0.25) is 0 Å². The summed E-state index contributed by atoms with van der Waals surface area (Å²) >= 11 is 5.88. The molecule has 17 heavy (non-hydrogen) atoms. The molecule has 1 N–H and O–H groups in total. The number of benzene rings is 1. The van der Waals surface area contributed by atoms with E-state index in [0.29, 0.717) is 6.04 Å². The third kappa shape index (κ3) is 4.66. The van der Waals surface area contributed by atoms with E-state index in [1.807, 2.05) is 26.1 Å². The van der Waals surface area contributed by atoms with Crippen molar-refractivity contribution in [1.29, 1.82) is 0 Å². The van der Waals surface area contributed by atoms with Crippen LogP contribution < -0.4 is 5.32 Å². The van der Waals surface area contributed by atoms with Crippen LogP contribution in [0.4, 0.5) is 0 Å². The molecule has 2 nitrogen and oxygen atoms in total. The molecule has 3 heteroatoms. The minimum absolute atomic E-state index is 0.265. The smallest absolute Gasteiger partial charge is 0.0728 e. The molecule has 1 aromatic carbocycles. The van der Waals surface area contributed by atoms with Crippen LogP contribution in [0.3, 0.4) is 0 Å². The Hall–Kier alpha value is -0.570. The van der Waals surface area contributed by atoms with Crippen molar-refractivity contribution in [2.24, 2.45) is 0 Å². The minimum atomic E-state index is 0.265. The van der Waals surface area contributed by atoms with Crippen LogP contribution >= 0.6 is 11.6 Å². The topological polar surface area (TPSA) is 21.3 Å². The van der Waals surface area contributed by atoms with Crippen molar-refractivity contribution in [3.8, 4) is 0 Å². The predicted molar refractivity (Wildman–Crippen MR) is 73.7 cm³/mol. The van der Waals surface area contributed by atoms with E-state index in [2.05, 4.69) is 24.4 Å². The summed E-state index contributed by atoms with van der Waals surface area (Å²) in [5.74, 6) is 0. The lowest BCUT2D eigenvalue weighted by atomic mass is 10.00. The average Bonchev–Trinajstić information content (AvgIpc) is 2.36. The number of hydrogen-bond donors (Lipinski definition) is 1. The van der Waals surface area contributed by atoms with Crippen LogP contribution in [-0.2, 0) is 11.2 Å². The zero-order valence-corrected chi connectivity index (χ0v) is 11.6. The van der Waals surface area contributed by atoms with Gasteiger partial charge in [0.25, 0.3) is 0 Å². The van der Waals surface area contributed by atoms with Crippen LogP contribution in [0.2, 0.25) is 5.02 Å². The van der Waals surface area contributed by atoms with E-state index in [-0.39, 0.29) is 6.10 Å². The van der Waals surface area contributed by atoms with Gasteiger partial charge in [0.1, 0.15) is 0 Å². The molecule has 0 aliphatic rings. The molecule has 2 unspecified atom stereocenters. The van der Waals surface area contributed by atoms with E-state index in [1.54, 1.807) is 0 Å². The van der Waals surface area contributed by atoms with Gasteiger partial charge in [0.05, 0.1) is 6.10 Å². The number of halogens is 1. The highest BCUT2D eigenvalue weighted by atomic mass is 35.5. The molecule has 1 rings (SSSR count). The van der Waals surface area contributed by atoms with Crippen molar-refractivity contribution < 1.29 is 4.74 Å². The Morgan fingerprint density at radius 2 is 1.88 bits per heavy atom. The first kappa shape index (κ1) is 14.5. The van der Waals surface area contributed by atoms with Crippen LogP contribution in [-0.4, -0.2) is 25.8 Å². The molecule has 0 fully saturated rings. The van der Waals surface area contributed by atoms with Crippen molar-refractivity contribution in [3.63, 3.8) is 0 Å². The molecule has 1 aromatic rings. The minimum Gasteiger partial charge on any atom is -0.377 e. The van der Waals surface area contributed by atoms with Gasteiger partial charge >= 0.3 is 0 Å². The summed E-state index contributed by atoms with van der Waals surface area (Å²) in [6.45, 7) is 4.96. The Morgan fingerprint density at radius 3 is 2.35 bits per heavy atom. The first-order valence-corrected chi connectivity index (χ1v) is 6.62. The second-order valence-electron chi connectivity index (χ2n) is 4.13. The standard InChI is InChI=1S/C14H22ClNO/c1-4-14(17-5-2)13(16-3)10-11-6-8-12(15)9-7-11/h6-9,13-14,16H,4-5,10H2,1-3H3.